The van der Waals surface area contributed by atoms with E-state index < -0.39 is 0 Å². The number of fused-ring (bicyclic) bond motifs is 2. The third-order valence-corrected chi connectivity index (χ3v) is 11.7. The molecule has 1 aliphatic heterocycles. The fraction of sp³-hybridized carbons (Fsp3) is 0.463. The van der Waals surface area contributed by atoms with Crippen molar-refractivity contribution in [3.63, 3.8) is 0 Å². The summed E-state index contributed by atoms with van der Waals surface area (Å²) in [6.45, 7) is 9.77. The maximum absolute atomic E-state index is 13.3. The molecule has 6 heteroatoms. The summed E-state index contributed by atoms with van der Waals surface area (Å²) in [6.07, 6.45) is 7.16. The fourth-order valence-electron chi connectivity index (χ4n) is 8.78. The third kappa shape index (κ3) is 5.69. The van der Waals surface area contributed by atoms with E-state index in [1.807, 2.05) is 12.1 Å². The van der Waals surface area contributed by atoms with Gasteiger partial charge in [0.05, 0.1) is 31.9 Å². The molecule has 0 saturated heterocycles. The Kier molecular flexibility index (Phi) is 9.10. The second kappa shape index (κ2) is 13.0. The second-order valence-electron chi connectivity index (χ2n) is 14.8. The number of benzene rings is 3. The van der Waals surface area contributed by atoms with Crippen LogP contribution in [0.5, 0.6) is 11.5 Å². The van der Waals surface area contributed by atoms with Crippen LogP contribution in [0.25, 0.3) is 0 Å². The summed E-state index contributed by atoms with van der Waals surface area (Å²) in [5, 5.41) is 9.37. The average molecular weight is 636 g/mol. The van der Waals surface area contributed by atoms with Crippen LogP contribution in [0, 0.1) is 17.3 Å². The summed E-state index contributed by atoms with van der Waals surface area (Å²) in [4.78, 5) is 28.1. The zero-order valence-corrected chi connectivity index (χ0v) is 28.7. The van der Waals surface area contributed by atoms with Gasteiger partial charge in [-0.05, 0) is 83.2 Å². The number of aliphatic hydroxyl groups is 1. The molecule has 6 nitrogen and oxygen atoms in total. The van der Waals surface area contributed by atoms with Crippen LogP contribution >= 0.6 is 0 Å². The Bertz CT molecular complexity index is 1610. The predicted molar refractivity (Wildman–Crippen MR) is 185 cm³/mol. The van der Waals surface area contributed by atoms with Gasteiger partial charge in [-0.1, -0.05) is 94.7 Å². The van der Waals surface area contributed by atoms with Gasteiger partial charge in [-0.3, -0.25) is 14.5 Å². The Morgan fingerprint density at radius 3 is 2.04 bits per heavy atom. The number of methoxy groups -OCH3 is 2. The van der Waals surface area contributed by atoms with Gasteiger partial charge in [0, 0.05) is 18.1 Å². The molecule has 1 unspecified atom stereocenters. The Balaban J connectivity index is 1.37. The topological polar surface area (TPSA) is 76.1 Å². The van der Waals surface area contributed by atoms with Crippen LogP contribution in [-0.4, -0.2) is 49.2 Å². The highest BCUT2D eigenvalue weighted by Gasteiger charge is 2.57. The number of nitrogens with zero attached hydrogens (tertiary/aromatic N) is 1. The summed E-state index contributed by atoms with van der Waals surface area (Å²) in [7, 11) is 3.47. The molecule has 0 spiro atoms. The van der Waals surface area contributed by atoms with E-state index in [4.69, 9.17) is 9.47 Å². The van der Waals surface area contributed by atoms with Crippen molar-refractivity contribution in [2.24, 2.45) is 17.3 Å². The molecule has 3 aromatic carbocycles. The first kappa shape index (κ1) is 33.0. The molecule has 0 radical (unpaired) electrons. The number of allylic oxidation sites excluding steroid dienone is 1. The van der Waals surface area contributed by atoms with E-state index in [1.54, 1.807) is 26.4 Å². The van der Waals surface area contributed by atoms with Crippen molar-refractivity contribution in [1.82, 2.24) is 4.90 Å². The predicted octanol–water partition coefficient (Wildman–Crippen LogP) is 8.30. The van der Waals surface area contributed by atoms with E-state index >= 15 is 0 Å². The van der Waals surface area contributed by atoms with Gasteiger partial charge in [-0.15, -0.1) is 0 Å². The highest BCUT2D eigenvalue weighted by molar-refractivity contribution is 6.21. The molecule has 1 saturated carbocycles. The SMILES string of the molecule is COc1cc(C(C)(C)C(CCCCCO)c2ccccc2)cc(OC)c1[C@H]1C=C(CN2C(=O)c3ccccc3C2=O)[C@H]2C[C@@H]1C2(C)C. The van der Waals surface area contributed by atoms with Crippen molar-refractivity contribution >= 4 is 11.8 Å². The minimum absolute atomic E-state index is 0.00560. The van der Waals surface area contributed by atoms with Crippen molar-refractivity contribution in [3.05, 3.63) is 106 Å². The number of carbonyl (C=O) groups excluding carboxylic acids is 2. The van der Waals surface area contributed by atoms with Crippen LogP contribution in [0.4, 0.5) is 0 Å². The molecule has 1 N–H and O–H groups in total. The van der Waals surface area contributed by atoms with Gasteiger partial charge in [0.2, 0.25) is 0 Å². The van der Waals surface area contributed by atoms with Crippen LogP contribution < -0.4 is 9.47 Å². The maximum atomic E-state index is 13.3. The number of hydrogen-bond donors (Lipinski definition) is 1. The molecular formula is C41H49NO5. The van der Waals surface area contributed by atoms with Crippen molar-refractivity contribution in [2.75, 3.05) is 27.4 Å². The third-order valence-electron chi connectivity index (χ3n) is 11.7. The summed E-state index contributed by atoms with van der Waals surface area (Å²) in [5.41, 5.74) is 5.36. The van der Waals surface area contributed by atoms with Crippen LogP contribution in [0.2, 0.25) is 0 Å². The van der Waals surface area contributed by atoms with Crippen molar-refractivity contribution in [2.45, 2.75) is 77.0 Å². The Hall–Kier alpha value is -3.90. The molecule has 4 aliphatic rings. The van der Waals surface area contributed by atoms with Crippen molar-refractivity contribution < 1.29 is 24.2 Å². The first-order valence-electron chi connectivity index (χ1n) is 17.1. The number of unbranched alkanes of at least 4 members (excludes halogenated alkanes) is 2. The van der Waals surface area contributed by atoms with Gasteiger partial charge in [-0.25, -0.2) is 0 Å². The van der Waals surface area contributed by atoms with Gasteiger partial charge in [0.25, 0.3) is 11.8 Å². The quantitative estimate of drug-likeness (QED) is 0.116. The highest BCUT2D eigenvalue weighted by atomic mass is 16.5. The monoisotopic (exact) mass is 635 g/mol. The average Bonchev–Trinajstić information content (AvgIpc) is 3.32. The Morgan fingerprint density at radius 2 is 1.49 bits per heavy atom. The van der Waals surface area contributed by atoms with Gasteiger partial charge < -0.3 is 14.6 Å². The number of imide groups is 1. The molecule has 3 aliphatic carbocycles. The lowest BCUT2D eigenvalue weighted by Gasteiger charge is -2.60. The number of ether oxygens (including phenoxy) is 2. The number of aliphatic hydroxyl groups excluding tert-OH is 1. The molecule has 4 atom stereocenters. The van der Waals surface area contributed by atoms with Gasteiger partial charge in [0.1, 0.15) is 11.5 Å². The highest BCUT2D eigenvalue weighted by Crippen LogP contribution is 2.65. The lowest BCUT2D eigenvalue weighted by atomic mass is 9.45. The molecule has 1 heterocycles. The number of carbonyl (C=O) groups is 2. The van der Waals surface area contributed by atoms with Gasteiger partial charge in [-0.2, -0.15) is 0 Å². The molecule has 47 heavy (non-hydrogen) atoms. The standard InChI is InChI=1S/C41H49NO5/c1-40(2,32(19-11-8-14-20-43)26-15-9-7-10-16-26)28-22-35(46-5)37(36(23-28)47-6)31-21-27(33-24-34(31)41(33,3)4)25-42-38(44)29-17-12-13-18-30(29)39(42)45/h7,9-10,12-13,15-18,21-23,31-34,43H,8,11,14,19-20,24-25H2,1-6H3/t31-,32?,33+,34-/m0/s1. The zero-order chi connectivity index (χ0) is 33.5. The lowest BCUT2D eigenvalue weighted by Crippen LogP contribution is -2.53. The normalized spacial score (nSPS) is 22.0. The number of amides is 2. The van der Waals surface area contributed by atoms with E-state index in [1.165, 1.54) is 10.5 Å². The summed E-state index contributed by atoms with van der Waals surface area (Å²) in [6, 6.07) is 22.2. The first-order chi connectivity index (χ1) is 22.5. The van der Waals surface area contributed by atoms with Crippen LogP contribution in [-0.2, 0) is 5.41 Å². The molecule has 2 bridgehead atoms. The van der Waals surface area contributed by atoms with E-state index in [0.29, 0.717) is 29.5 Å². The van der Waals surface area contributed by atoms with Crippen LogP contribution in [0.3, 0.4) is 0 Å². The summed E-state index contributed by atoms with van der Waals surface area (Å²) >= 11 is 0. The summed E-state index contributed by atoms with van der Waals surface area (Å²) in [5.74, 6) is 2.15. The minimum atomic E-state index is -0.237. The van der Waals surface area contributed by atoms with Crippen molar-refractivity contribution in [3.8, 4) is 11.5 Å². The molecule has 3 aromatic rings. The molecular weight excluding hydrogens is 586 g/mol. The largest absolute Gasteiger partial charge is 0.496 e. The molecule has 2 amide bonds. The van der Waals surface area contributed by atoms with E-state index in [0.717, 1.165) is 60.3 Å². The molecule has 248 valence electrons. The second-order valence-corrected chi connectivity index (χ2v) is 14.8. The van der Waals surface area contributed by atoms with E-state index in [2.05, 4.69) is 76.2 Å². The van der Waals surface area contributed by atoms with E-state index in [9.17, 15) is 14.7 Å². The first-order valence-corrected chi connectivity index (χ1v) is 17.1. The van der Waals surface area contributed by atoms with Crippen LogP contribution in [0.1, 0.15) is 109 Å². The summed E-state index contributed by atoms with van der Waals surface area (Å²) < 4.78 is 12.4. The molecule has 0 aromatic heterocycles. The Morgan fingerprint density at radius 1 is 0.894 bits per heavy atom. The zero-order valence-electron chi connectivity index (χ0n) is 28.7. The van der Waals surface area contributed by atoms with Crippen molar-refractivity contribution in [1.29, 1.82) is 0 Å². The lowest BCUT2D eigenvalue weighted by molar-refractivity contribution is -0.0233. The minimum Gasteiger partial charge on any atom is -0.496 e. The van der Waals surface area contributed by atoms with E-state index in [-0.39, 0.29) is 41.1 Å². The Labute approximate surface area is 279 Å². The number of rotatable bonds is 13. The van der Waals surface area contributed by atoms with Gasteiger partial charge in [0.15, 0.2) is 0 Å². The maximum Gasteiger partial charge on any atom is 0.261 e. The van der Waals surface area contributed by atoms with Gasteiger partial charge >= 0.3 is 0 Å². The number of hydrogen-bond acceptors (Lipinski definition) is 5. The molecule has 1 fully saturated rings. The fourth-order valence-corrected chi connectivity index (χ4v) is 8.78. The smallest absolute Gasteiger partial charge is 0.261 e. The van der Waals surface area contributed by atoms with Crippen LogP contribution in [0.15, 0.2) is 78.4 Å². The molecule has 7 rings (SSSR count).